The normalized spacial score (nSPS) is 13.5. The largest absolute Gasteiger partial charge is 0.462 e. The number of thiophene rings is 1. The number of ether oxygens (including phenoxy) is 1. The van der Waals surface area contributed by atoms with Crippen molar-refractivity contribution in [3.8, 4) is 0 Å². The molecule has 148 valence electrons. The molecule has 3 N–H and O–H groups in total. The first-order chi connectivity index (χ1) is 13.3. The van der Waals surface area contributed by atoms with Gasteiger partial charge in [-0.25, -0.2) is 9.78 Å². The van der Waals surface area contributed by atoms with Crippen LogP contribution in [0.4, 0.5) is 0 Å². The van der Waals surface area contributed by atoms with E-state index >= 15 is 0 Å². The van der Waals surface area contributed by atoms with Gasteiger partial charge in [0.1, 0.15) is 21.8 Å². The number of esters is 1. The van der Waals surface area contributed by atoms with Crippen LogP contribution in [0.15, 0.2) is 29.1 Å². The molecule has 2 heterocycles. The Balaban J connectivity index is 1.92. The first kappa shape index (κ1) is 20.5. The second-order valence-electron chi connectivity index (χ2n) is 6.70. The van der Waals surface area contributed by atoms with Crippen molar-refractivity contribution >= 4 is 39.1 Å². The van der Waals surface area contributed by atoms with Crippen molar-refractivity contribution in [2.24, 2.45) is 0 Å². The fourth-order valence-electron chi connectivity index (χ4n) is 3.24. The quantitative estimate of drug-likeness (QED) is 0.597. The van der Waals surface area contributed by atoms with E-state index in [4.69, 9.17) is 16.3 Å². The van der Waals surface area contributed by atoms with E-state index in [0.717, 1.165) is 5.56 Å². The number of H-pyrrole nitrogens is 1. The molecule has 0 aliphatic carbocycles. The molecule has 0 aliphatic rings. The molecule has 6 nitrogen and oxygen atoms in total. The predicted molar refractivity (Wildman–Crippen MR) is 111 cm³/mol. The lowest BCUT2D eigenvalue weighted by atomic mass is 10.1. The monoisotopic (exact) mass is 420 g/mol. The van der Waals surface area contributed by atoms with Crippen LogP contribution >= 0.6 is 22.9 Å². The van der Waals surface area contributed by atoms with E-state index in [0.29, 0.717) is 31.5 Å². The molecule has 0 saturated carbocycles. The number of carbonyl (C=O) groups excluding carboxylic acids is 1. The number of halogens is 1. The summed E-state index contributed by atoms with van der Waals surface area (Å²) in [5.74, 6) is 0.143. The highest BCUT2D eigenvalue weighted by molar-refractivity contribution is 7.20. The summed E-state index contributed by atoms with van der Waals surface area (Å²) in [5, 5.41) is 3.25. The van der Waals surface area contributed by atoms with Gasteiger partial charge >= 0.3 is 5.97 Å². The molecule has 0 aliphatic heterocycles. The highest BCUT2D eigenvalue weighted by Crippen LogP contribution is 2.28. The van der Waals surface area contributed by atoms with Gasteiger partial charge in [-0.15, -0.1) is 11.3 Å². The maximum Gasteiger partial charge on any atom is 0.348 e. The van der Waals surface area contributed by atoms with Gasteiger partial charge in [-0.3, -0.25) is 4.79 Å². The molecule has 1 aromatic carbocycles. The molecule has 0 fully saturated rings. The molecule has 0 radical (unpaired) electrons. The number of nitrogens with two attached hydrogens (primary N) is 1. The van der Waals surface area contributed by atoms with Gasteiger partial charge in [-0.1, -0.05) is 29.8 Å². The number of fused-ring (bicyclic) bond motifs is 1. The van der Waals surface area contributed by atoms with Gasteiger partial charge in [0.05, 0.1) is 12.0 Å². The van der Waals surface area contributed by atoms with Crippen molar-refractivity contribution in [3.05, 3.63) is 61.5 Å². The third kappa shape index (κ3) is 3.97. The number of rotatable bonds is 6. The number of carbonyl (C=O) groups is 1. The Morgan fingerprint density at radius 2 is 2.04 bits per heavy atom. The van der Waals surface area contributed by atoms with E-state index in [1.54, 1.807) is 13.8 Å². The molecule has 8 heteroatoms. The highest BCUT2D eigenvalue weighted by atomic mass is 35.5. The lowest BCUT2D eigenvalue weighted by molar-refractivity contribution is -0.729. The van der Waals surface area contributed by atoms with Crippen molar-refractivity contribution in [2.75, 3.05) is 6.61 Å². The average Bonchev–Trinajstić information content (AvgIpc) is 2.99. The Bertz CT molecular complexity index is 1080. The summed E-state index contributed by atoms with van der Waals surface area (Å²) in [5.41, 5.74) is 1.39. The van der Waals surface area contributed by atoms with Gasteiger partial charge in [-0.2, -0.15) is 0 Å². The van der Waals surface area contributed by atoms with Crippen LogP contribution in [0.5, 0.6) is 0 Å². The standard InChI is InChI=1S/C20H22ClN3O3S/c1-5-27-20(26)16-10(2)15-18(25)23-17(24-19(15)28-16)12(4)22-11(3)13-8-6-7-9-14(13)21/h6-9,11-12,22H,5H2,1-4H3,(H,23,24,25)/p+1/t11-,12-/m1/s1. The number of aryl methyl sites for hydroxylation is 1. The molecule has 0 unspecified atom stereocenters. The van der Waals surface area contributed by atoms with Gasteiger partial charge in [-0.05, 0) is 39.3 Å². The fraction of sp³-hybridized carbons (Fsp3) is 0.350. The summed E-state index contributed by atoms with van der Waals surface area (Å²) in [6.45, 7) is 7.82. The zero-order chi connectivity index (χ0) is 20.4. The number of hydrogen-bond donors (Lipinski definition) is 2. The first-order valence-corrected chi connectivity index (χ1v) is 10.3. The molecular formula is C20H23ClN3O3S+. The van der Waals surface area contributed by atoms with Crippen LogP contribution in [0.2, 0.25) is 5.02 Å². The number of benzene rings is 1. The number of aromatic nitrogens is 2. The summed E-state index contributed by atoms with van der Waals surface area (Å²) in [7, 11) is 0. The molecule has 0 amide bonds. The van der Waals surface area contributed by atoms with Crippen LogP contribution in [0, 0.1) is 6.92 Å². The summed E-state index contributed by atoms with van der Waals surface area (Å²) in [6, 6.07) is 7.69. The molecule has 0 spiro atoms. The molecular weight excluding hydrogens is 398 g/mol. The molecule has 3 aromatic rings. The molecule has 2 aromatic heterocycles. The first-order valence-electron chi connectivity index (χ1n) is 9.13. The van der Waals surface area contributed by atoms with Gasteiger partial charge in [0.15, 0.2) is 5.82 Å². The Hall–Kier alpha value is -2.22. The number of hydrogen-bond acceptors (Lipinski definition) is 5. The zero-order valence-corrected chi connectivity index (χ0v) is 17.8. The molecule has 0 saturated heterocycles. The van der Waals surface area contributed by atoms with E-state index in [9.17, 15) is 9.59 Å². The number of nitrogens with one attached hydrogen (secondary N) is 1. The highest BCUT2D eigenvalue weighted by Gasteiger charge is 2.23. The zero-order valence-electron chi connectivity index (χ0n) is 16.2. The minimum Gasteiger partial charge on any atom is -0.462 e. The van der Waals surface area contributed by atoms with E-state index in [1.165, 1.54) is 11.3 Å². The van der Waals surface area contributed by atoms with E-state index in [-0.39, 0.29) is 24.2 Å². The Labute approximate surface area is 171 Å². The minimum absolute atomic E-state index is 0.0878. The second kappa shape index (κ2) is 8.43. The van der Waals surface area contributed by atoms with Gasteiger partial charge < -0.3 is 15.0 Å². The van der Waals surface area contributed by atoms with Crippen molar-refractivity contribution < 1.29 is 14.8 Å². The van der Waals surface area contributed by atoms with E-state index in [2.05, 4.69) is 22.2 Å². The summed E-state index contributed by atoms with van der Waals surface area (Å²) >= 11 is 7.49. The second-order valence-corrected chi connectivity index (χ2v) is 8.11. The topological polar surface area (TPSA) is 88.7 Å². The third-order valence-electron chi connectivity index (χ3n) is 4.68. The van der Waals surface area contributed by atoms with E-state index in [1.807, 2.05) is 31.2 Å². The summed E-state index contributed by atoms with van der Waals surface area (Å²) in [4.78, 5) is 33.2. The van der Waals surface area contributed by atoms with Crippen LogP contribution in [-0.2, 0) is 4.74 Å². The Morgan fingerprint density at radius 3 is 2.71 bits per heavy atom. The third-order valence-corrected chi connectivity index (χ3v) is 6.19. The molecule has 3 rings (SSSR count). The lowest BCUT2D eigenvalue weighted by Gasteiger charge is -2.17. The van der Waals surface area contributed by atoms with Crippen molar-refractivity contribution in [1.29, 1.82) is 0 Å². The maximum absolute atomic E-state index is 12.7. The average molecular weight is 421 g/mol. The number of aromatic amines is 1. The summed E-state index contributed by atoms with van der Waals surface area (Å²) < 4.78 is 5.08. The SMILES string of the molecule is CCOC(=O)c1sc2nc([C@@H](C)[NH2+][C@H](C)c3ccccc3Cl)[nH]c(=O)c2c1C. The molecule has 2 atom stereocenters. The predicted octanol–water partition coefficient (Wildman–Crippen LogP) is 3.51. The fourth-order valence-corrected chi connectivity index (χ4v) is 4.63. The van der Waals surface area contributed by atoms with Crippen molar-refractivity contribution in [2.45, 2.75) is 39.8 Å². The number of nitrogens with zero attached hydrogens (tertiary/aromatic N) is 1. The van der Waals surface area contributed by atoms with E-state index < -0.39 is 5.97 Å². The van der Waals surface area contributed by atoms with Crippen molar-refractivity contribution in [3.63, 3.8) is 0 Å². The van der Waals surface area contributed by atoms with Gasteiger partial charge in [0.25, 0.3) is 5.56 Å². The van der Waals surface area contributed by atoms with Crippen LogP contribution in [0.25, 0.3) is 10.2 Å². The summed E-state index contributed by atoms with van der Waals surface area (Å²) in [6.07, 6.45) is 0. The van der Waals surface area contributed by atoms with Gasteiger partial charge in [0, 0.05) is 10.6 Å². The number of quaternary nitrogens is 1. The van der Waals surface area contributed by atoms with Crippen LogP contribution in [0.1, 0.15) is 59.5 Å². The van der Waals surface area contributed by atoms with Gasteiger partial charge in [0.2, 0.25) is 0 Å². The maximum atomic E-state index is 12.7. The van der Waals surface area contributed by atoms with Crippen LogP contribution in [0.3, 0.4) is 0 Å². The van der Waals surface area contributed by atoms with Crippen molar-refractivity contribution in [1.82, 2.24) is 9.97 Å². The van der Waals surface area contributed by atoms with Crippen LogP contribution < -0.4 is 10.9 Å². The Kier molecular flexibility index (Phi) is 6.17. The molecule has 0 bridgehead atoms. The van der Waals surface area contributed by atoms with Crippen LogP contribution in [-0.4, -0.2) is 22.5 Å². The lowest BCUT2D eigenvalue weighted by Crippen LogP contribution is -2.85. The minimum atomic E-state index is -0.420. The molecule has 28 heavy (non-hydrogen) atoms. The smallest absolute Gasteiger partial charge is 0.348 e. The Morgan fingerprint density at radius 1 is 1.32 bits per heavy atom.